The van der Waals surface area contributed by atoms with Gasteiger partial charge in [0.25, 0.3) is 0 Å². The van der Waals surface area contributed by atoms with Crippen LogP contribution < -0.4 is 11.1 Å². The Balaban J connectivity index is 0.00000225. The van der Waals surface area contributed by atoms with E-state index in [0.29, 0.717) is 0 Å². The van der Waals surface area contributed by atoms with Gasteiger partial charge >= 0.3 is 0 Å². The molecule has 0 bridgehead atoms. The van der Waals surface area contributed by atoms with Gasteiger partial charge in [-0.25, -0.2) is 0 Å². The first-order chi connectivity index (χ1) is 11.7. The normalized spacial score (nSPS) is 17.1. The van der Waals surface area contributed by atoms with E-state index in [2.05, 4.69) is 30.4 Å². The van der Waals surface area contributed by atoms with E-state index in [4.69, 9.17) is 5.73 Å². The molecule has 3 nitrogen and oxygen atoms in total. The number of aryl methyl sites for hydroxylation is 1. The lowest BCUT2D eigenvalue weighted by atomic mass is 9.86. The van der Waals surface area contributed by atoms with Crippen LogP contribution in [0.4, 0.5) is 5.69 Å². The number of amides is 1. The maximum atomic E-state index is 12.9. The van der Waals surface area contributed by atoms with Gasteiger partial charge in [-0.3, -0.25) is 4.79 Å². The molecule has 1 amide bonds. The van der Waals surface area contributed by atoms with E-state index in [0.717, 1.165) is 43.4 Å². The van der Waals surface area contributed by atoms with Crippen molar-refractivity contribution in [1.82, 2.24) is 5.32 Å². The highest BCUT2D eigenvalue weighted by atomic mass is 35.5. The zero-order valence-corrected chi connectivity index (χ0v) is 15.5. The highest BCUT2D eigenvalue weighted by molar-refractivity contribution is 5.85. The van der Waals surface area contributed by atoms with Gasteiger partial charge in [0.1, 0.15) is 0 Å². The van der Waals surface area contributed by atoms with Crippen molar-refractivity contribution in [2.75, 3.05) is 5.73 Å². The highest BCUT2D eigenvalue weighted by Crippen LogP contribution is 2.32. The Morgan fingerprint density at radius 3 is 2.72 bits per heavy atom. The van der Waals surface area contributed by atoms with Crippen LogP contribution in [0.25, 0.3) is 0 Å². The molecular weight excluding hydrogens is 332 g/mol. The molecule has 2 aromatic carbocycles. The summed E-state index contributed by atoms with van der Waals surface area (Å²) in [5, 5.41) is 3.30. The number of nitrogen functional groups attached to an aromatic ring is 1. The maximum Gasteiger partial charge on any atom is 0.228 e. The second-order valence-electron chi connectivity index (χ2n) is 6.66. The third kappa shape index (κ3) is 4.55. The van der Waals surface area contributed by atoms with Gasteiger partial charge in [-0.1, -0.05) is 49.7 Å². The number of fused-ring (bicyclic) bond motifs is 1. The predicted octanol–water partition coefficient (Wildman–Crippen LogP) is 4.77. The molecule has 0 heterocycles. The summed E-state index contributed by atoms with van der Waals surface area (Å²) in [6.07, 6.45) is 4.99. The zero-order valence-electron chi connectivity index (χ0n) is 14.7. The maximum absolute atomic E-state index is 12.9. The minimum absolute atomic E-state index is 0. The van der Waals surface area contributed by atoms with Gasteiger partial charge in [-0.2, -0.15) is 0 Å². The lowest BCUT2D eigenvalue weighted by Crippen LogP contribution is -2.34. The fraction of sp³-hybridized carbons (Fsp3) is 0.381. The Hall–Kier alpha value is -2.00. The molecule has 25 heavy (non-hydrogen) atoms. The predicted molar refractivity (Wildman–Crippen MR) is 106 cm³/mol. The van der Waals surface area contributed by atoms with E-state index >= 15 is 0 Å². The topological polar surface area (TPSA) is 55.1 Å². The highest BCUT2D eigenvalue weighted by Gasteiger charge is 2.26. The lowest BCUT2D eigenvalue weighted by Gasteiger charge is -2.28. The summed E-state index contributed by atoms with van der Waals surface area (Å²) in [5.41, 5.74) is 10.3. The lowest BCUT2D eigenvalue weighted by molar-refractivity contribution is -0.123. The van der Waals surface area contributed by atoms with E-state index in [-0.39, 0.29) is 30.3 Å². The molecule has 0 radical (unpaired) electrons. The molecule has 2 atom stereocenters. The first kappa shape index (κ1) is 19.3. The van der Waals surface area contributed by atoms with Crippen molar-refractivity contribution in [1.29, 1.82) is 0 Å². The number of nitrogens with one attached hydrogen (secondary N) is 1. The molecule has 0 saturated heterocycles. The Kier molecular flexibility index (Phi) is 6.89. The van der Waals surface area contributed by atoms with Gasteiger partial charge in [0.2, 0.25) is 5.91 Å². The summed E-state index contributed by atoms with van der Waals surface area (Å²) in [7, 11) is 0. The van der Waals surface area contributed by atoms with Crippen molar-refractivity contribution in [3.8, 4) is 0 Å². The number of carbonyl (C=O) groups excluding carboxylic acids is 1. The first-order valence-electron chi connectivity index (χ1n) is 8.92. The molecule has 0 spiro atoms. The number of hydrogen-bond acceptors (Lipinski definition) is 2. The standard InChI is InChI=1S/C21H26N2O.ClH/c1-2-7-19(15-8-4-3-5-9-15)21(24)23-20-11-6-10-16-14-17(22)12-13-18(16)20;/h3-5,8-9,12-14,19-20H,2,6-7,10-11,22H2,1H3,(H,23,24);1H. The average molecular weight is 359 g/mol. The Morgan fingerprint density at radius 1 is 1.24 bits per heavy atom. The molecule has 0 aromatic heterocycles. The summed E-state index contributed by atoms with van der Waals surface area (Å²) in [6, 6.07) is 16.3. The monoisotopic (exact) mass is 358 g/mol. The van der Waals surface area contributed by atoms with Gasteiger partial charge in [-0.05, 0) is 54.5 Å². The Bertz CT molecular complexity index is 702. The molecular formula is C21H27ClN2O. The molecule has 0 aliphatic heterocycles. The summed E-state index contributed by atoms with van der Waals surface area (Å²) in [4.78, 5) is 12.9. The first-order valence-corrected chi connectivity index (χ1v) is 8.92. The minimum Gasteiger partial charge on any atom is -0.399 e. The van der Waals surface area contributed by atoms with Crippen LogP contribution in [0.2, 0.25) is 0 Å². The van der Waals surface area contributed by atoms with Crippen LogP contribution >= 0.6 is 12.4 Å². The second kappa shape index (κ2) is 8.91. The Labute approximate surface area is 156 Å². The SMILES string of the molecule is CCCC(C(=O)NC1CCCc2cc(N)ccc21)c1ccccc1.Cl. The number of benzene rings is 2. The number of halogens is 1. The van der Waals surface area contributed by atoms with E-state index < -0.39 is 0 Å². The van der Waals surface area contributed by atoms with Crippen LogP contribution in [0, 0.1) is 0 Å². The van der Waals surface area contributed by atoms with E-state index in [1.54, 1.807) is 0 Å². The molecule has 4 heteroatoms. The summed E-state index contributed by atoms with van der Waals surface area (Å²) in [6.45, 7) is 2.13. The van der Waals surface area contributed by atoms with Gasteiger partial charge in [-0.15, -0.1) is 12.4 Å². The van der Waals surface area contributed by atoms with Crippen LogP contribution in [0.1, 0.15) is 61.3 Å². The quantitative estimate of drug-likeness (QED) is 0.756. The van der Waals surface area contributed by atoms with E-state index in [1.165, 1.54) is 11.1 Å². The smallest absolute Gasteiger partial charge is 0.228 e. The van der Waals surface area contributed by atoms with Gasteiger partial charge in [0, 0.05) is 5.69 Å². The molecule has 0 saturated carbocycles. The Morgan fingerprint density at radius 2 is 2.00 bits per heavy atom. The molecule has 3 N–H and O–H groups in total. The van der Waals surface area contributed by atoms with Crippen LogP contribution in [0.3, 0.4) is 0 Å². The number of anilines is 1. The van der Waals surface area contributed by atoms with Crippen molar-refractivity contribution in [2.45, 2.75) is 51.0 Å². The third-order valence-corrected chi connectivity index (χ3v) is 4.89. The van der Waals surface area contributed by atoms with Gasteiger partial charge in [0.05, 0.1) is 12.0 Å². The zero-order chi connectivity index (χ0) is 16.9. The molecule has 1 aliphatic carbocycles. The number of rotatable bonds is 5. The number of carbonyl (C=O) groups is 1. The van der Waals surface area contributed by atoms with E-state index in [1.807, 2.05) is 30.3 Å². The molecule has 2 unspecified atom stereocenters. The van der Waals surface area contributed by atoms with Crippen LogP contribution in [-0.2, 0) is 11.2 Å². The average Bonchev–Trinajstić information content (AvgIpc) is 2.60. The van der Waals surface area contributed by atoms with E-state index in [9.17, 15) is 4.79 Å². The summed E-state index contributed by atoms with van der Waals surface area (Å²) < 4.78 is 0. The molecule has 2 aromatic rings. The van der Waals surface area contributed by atoms with Crippen LogP contribution in [0.15, 0.2) is 48.5 Å². The molecule has 134 valence electrons. The van der Waals surface area contributed by atoms with Gasteiger partial charge < -0.3 is 11.1 Å². The summed E-state index contributed by atoms with van der Waals surface area (Å²) in [5.74, 6) is 0.0630. The van der Waals surface area contributed by atoms with Gasteiger partial charge in [0.15, 0.2) is 0 Å². The fourth-order valence-corrected chi connectivity index (χ4v) is 3.68. The molecule has 0 fully saturated rings. The third-order valence-electron chi connectivity index (χ3n) is 4.89. The fourth-order valence-electron chi connectivity index (χ4n) is 3.68. The van der Waals surface area contributed by atoms with Crippen molar-refractivity contribution >= 4 is 24.0 Å². The van der Waals surface area contributed by atoms with Crippen molar-refractivity contribution < 1.29 is 4.79 Å². The number of nitrogens with two attached hydrogens (primary N) is 1. The second-order valence-corrected chi connectivity index (χ2v) is 6.66. The molecule has 3 rings (SSSR count). The van der Waals surface area contributed by atoms with Crippen LogP contribution in [0.5, 0.6) is 0 Å². The largest absolute Gasteiger partial charge is 0.399 e. The molecule has 1 aliphatic rings. The minimum atomic E-state index is -0.0737. The van der Waals surface area contributed by atoms with Crippen molar-refractivity contribution in [2.24, 2.45) is 0 Å². The summed E-state index contributed by atoms with van der Waals surface area (Å²) >= 11 is 0. The van der Waals surface area contributed by atoms with Crippen LogP contribution in [-0.4, -0.2) is 5.91 Å². The van der Waals surface area contributed by atoms with Crippen molar-refractivity contribution in [3.63, 3.8) is 0 Å². The number of hydrogen-bond donors (Lipinski definition) is 2. The van der Waals surface area contributed by atoms with Crippen molar-refractivity contribution in [3.05, 3.63) is 65.2 Å².